The van der Waals surface area contributed by atoms with Crippen molar-refractivity contribution in [2.24, 2.45) is 0 Å². The van der Waals surface area contributed by atoms with Crippen molar-refractivity contribution in [2.75, 3.05) is 5.32 Å². The molecule has 5 rings (SSSR count). The summed E-state index contributed by atoms with van der Waals surface area (Å²) in [5.41, 5.74) is 3.75. The number of halogens is 2. The van der Waals surface area contributed by atoms with Gasteiger partial charge in [-0.3, -0.25) is 10.1 Å². The Morgan fingerprint density at radius 3 is 2.69 bits per heavy atom. The normalized spacial score (nSPS) is 13.1. The Bertz CT molecular complexity index is 1330. The van der Waals surface area contributed by atoms with Gasteiger partial charge in [0.1, 0.15) is 10.0 Å². The second-order valence-corrected chi connectivity index (χ2v) is 10.8. The largest absolute Gasteiger partial charge is 0.323 e. The zero-order valence-electron chi connectivity index (χ0n) is 16.7. The maximum Gasteiger partial charge on any atom is 0.258 e. The molecule has 2 N–H and O–H groups in total. The smallest absolute Gasteiger partial charge is 0.258 e. The Hall–Kier alpha value is -2.03. The third-order valence-corrected chi connectivity index (χ3v) is 8.32. The number of hydrogen-bond donors (Lipinski definition) is 2. The number of carbonyl (C=O) groups is 1. The van der Waals surface area contributed by atoms with E-state index in [2.05, 4.69) is 16.7 Å². The fraction of sp³-hybridized carbons (Fsp3) is 0.174. The number of rotatable bonds is 3. The van der Waals surface area contributed by atoms with Crippen LogP contribution in [0.5, 0.6) is 0 Å². The molecule has 1 aliphatic carbocycles. The molecule has 0 bridgehead atoms. The molecule has 0 atom stereocenters. The van der Waals surface area contributed by atoms with Gasteiger partial charge in [0.25, 0.3) is 5.91 Å². The number of thiocarbonyl (C=S) groups is 1. The van der Waals surface area contributed by atoms with E-state index in [4.69, 9.17) is 40.4 Å². The van der Waals surface area contributed by atoms with E-state index in [1.165, 1.54) is 22.9 Å². The molecule has 0 spiro atoms. The maximum atomic E-state index is 12.7. The van der Waals surface area contributed by atoms with Gasteiger partial charge in [0, 0.05) is 15.5 Å². The Labute approximate surface area is 208 Å². The molecule has 0 saturated carbocycles. The Balaban J connectivity index is 1.45. The van der Waals surface area contributed by atoms with E-state index in [1.54, 1.807) is 34.8 Å². The molecule has 32 heavy (non-hydrogen) atoms. The number of hydrogen-bond acceptors (Lipinski definition) is 5. The van der Waals surface area contributed by atoms with Crippen LogP contribution < -0.4 is 10.6 Å². The van der Waals surface area contributed by atoms with Crippen molar-refractivity contribution in [3.8, 4) is 10.6 Å². The summed E-state index contributed by atoms with van der Waals surface area (Å²) in [5.74, 6) is -0.382. The van der Waals surface area contributed by atoms with Gasteiger partial charge in [-0.25, -0.2) is 4.98 Å². The number of nitrogens with one attached hydrogen (secondary N) is 2. The second-order valence-electron chi connectivity index (χ2n) is 7.43. The zero-order valence-corrected chi connectivity index (χ0v) is 20.7. The summed E-state index contributed by atoms with van der Waals surface area (Å²) in [6, 6.07) is 12.9. The number of carbonyl (C=O) groups excluding carboxylic acids is 1. The van der Waals surface area contributed by atoms with Gasteiger partial charge >= 0.3 is 0 Å². The number of amides is 1. The lowest BCUT2D eigenvalue weighted by atomic mass is 9.96. The van der Waals surface area contributed by atoms with Gasteiger partial charge in [-0.1, -0.05) is 35.3 Å². The summed E-state index contributed by atoms with van der Waals surface area (Å²) >= 11 is 20.9. The average molecular weight is 519 g/mol. The topological polar surface area (TPSA) is 54.0 Å². The number of anilines is 1. The predicted molar refractivity (Wildman–Crippen MR) is 140 cm³/mol. The average Bonchev–Trinajstić information content (AvgIpc) is 3.33. The first-order valence-electron chi connectivity index (χ1n) is 10.1. The molecule has 2 aromatic heterocycles. The minimum Gasteiger partial charge on any atom is -0.323 e. The van der Waals surface area contributed by atoms with Crippen LogP contribution in [-0.4, -0.2) is 16.0 Å². The summed E-state index contributed by atoms with van der Waals surface area (Å²) < 4.78 is 1.15. The fourth-order valence-electron chi connectivity index (χ4n) is 3.84. The number of para-hydroxylation sites is 1. The molecule has 2 heterocycles. The second kappa shape index (κ2) is 9.08. The number of fused-ring (bicyclic) bond motifs is 2. The predicted octanol–water partition coefficient (Wildman–Crippen LogP) is 7.34. The van der Waals surface area contributed by atoms with E-state index in [0.717, 1.165) is 45.1 Å². The molecule has 0 aliphatic heterocycles. The van der Waals surface area contributed by atoms with Gasteiger partial charge in [0.2, 0.25) is 0 Å². The van der Waals surface area contributed by atoms with Crippen LogP contribution in [-0.2, 0) is 12.8 Å². The lowest BCUT2D eigenvalue weighted by Gasteiger charge is -2.12. The van der Waals surface area contributed by atoms with Gasteiger partial charge in [-0.05, 0) is 73.8 Å². The monoisotopic (exact) mass is 517 g/mol. The van der Waals surface area contributed by atoms with Crippen LogP contribution in [0, 0.1) is 0 Å². The highest BCUT2D eigenvalue weighted by atomic mass is 35.5. The highest BCUT2D eigenvalue weighted by molar-refractivity contribution is 7.80. The number of nitrogens with zero attached hydrogens (tertiary/aromatic N) is 1. The van der Waals surface area contributed by atoms with Gasteiger partial charge in [-0.15, -0.1) is 22.7 Å². The molecule has 0 unspecified atom stereocenters. The van der Waals surface area contributed by atoms with Gasteiger partial charge < -0.3 is 5.32 Å². The summed E-state index contributed by atoms with van der Waals surface area (Å²) in [5, 5.41) is 8.86. The summed E-state index contributed by atoms with van der Waals surface area (Å²) in [6.07, 6.45) is 4.43. The van der Waals surface area contributed by atoms with Crippen LogP contribution in [0.4, 0.5) is 5.00 Å². The van der Waals surface area contributed by atoms with Crippen LogP contribution >= 0.6 is 58.1 Å². The molecule has 0 saturated heterocycles. The third kappa shape index (κ3) is 4.28. The summed E-state index contributed by atoms with van der Waals surface area (Å²) in [4.78, 5) is 18.9. The molecule has 0 fully saturated rings. The van der Waals surface area contributed by atoms with E-state index in [-0.39, 0.29) is 16.0 Å². The molecule has 4 aromatic rings. The first-order chi connectivity index (χ1) is 15.5. The lowest BCUT2D eigenvalue weighted by molar-refractivity contribution is 0.0978. The van der Waals surface area contributed by atoms with E-state index >= 15 is 0 Å². The molecule has 162 valence electrons. The molecule has 9 heteroatoms. The highest BCUT2D eigenvalue weighted by Crippen LogP contribution is 2.46. The Morgan fingerprint density at radius 1 is 1.06 bits per heavy atom. The Morgan fingerprint density at radius 2 is 1.88 bits per heavy atom. The lowest BCUT2D eigenvalue weighted by Crippen LogP contribution is -2.34. The Kier molecular flexibility index (Phi) is 6.18. The van der Waals surface area contributed by atoms with Crippen LogP contribution in [0.3, 0.4) is 0 Å². The van der Waals surface area contributed by atoms with Crippen molar-refractivity contribution in [3.05, 3.63) is 68.5 Å². The molecule has 0 radical (unpaired) electrons. The van der Waals surface area contributed by atoms with E-state index in [1.807, 2.05) is 18.2 Å². The molecule has 1 amide bonds. The van der Waals surface area contributed by atoms with Crippen LogP contribution in [0.2, 0.25) is 10.0 Å². The van der Waals surface area contributed by atoms with Gasteiger partial charge in [0.05, 0.1) is 20.8 Å². The fourth-order valence-corrected chi connectivity index (χ4v) is 7.00. The zero-order chi connectivity index (χ0) is 22.2. The van der Waals surface area contributed by atoms with Crippen molar-refractivity contribution >= 4 is 84.3 Å². The van der Waals surface area contributed by atoms with Crippen LogP contribution in [0.25, 0.3) is 20.8 Å². The molecule has 1 aliphatic rings. The number of thiazole rings is 1. The van der Waals surface area contributed by atoms with Crippen molar-refractivity contribution in [1.29, 1.82) is 0 Å². The van der Waals surface area contributed by atoms with Gasteiger partial charge in [0.15, 0.2) is 5.11 Å². The molecular formula is C23H17Cl2N3OS3. The van der Waals surface area contributed by atoms with E-state index in [9.17, 15) is 4.79 Å². The summed E-state index contributed by atoms with van der Waals surface area (Å²) in [7, 11) is 0. The van der Waals surface area contributed by atoms with E-state index < -0.39 is 0 Å². The molecule has 2 aromatic carbocycles. The van der Waals surface area contributed by atoms with Crippen molar-refractivity contribution in [1.82, 2.24) is 10.3 Å². The van der Waals surface area contributed by atoms with E-state index in [0.29, 0.717) is 10.6 Å². The van der Waals surface area contributed by atoms with Crippen molar-refractivity contribution in [3.63, 3.8) is 0 Å². The highest BCUT2D eigenvalue weighted by Gasteiger charge is 2.25. The number of benzene rings is 2. The number of aromatic nitrogens is 1. The molecular weight excluding hydrogens is 501 g/mol. The summed E-state index contributed by atoms with van der Waals surface area (Å²) in [6.45, 7) is 0. The molecule has 4 nitrogen and oxygen atoms in total. The van der Waals surface area contributed by atoms with Crippen LogP contribution in [0.1, 0.15) is 33.6 Å². The van der Waals surface area contributed by atoms with Gasteiger partial charge in [-0.2, -0.15) is 0 Å². The SMILES string of the molecule is O=C(NC(=S)Nc1sc2c(c1-c1nc3ccccc3s1)CCCC2)c1ccc(Cl)cc1Cl. The number of aryl methyl sites for hydroxylation is 1. The van der Waals surface area contributed by atoms with Crippen LogP contribution in [0.15, 0.2) is 42.5 Å². The van der Waals surface area contributed by atoms with Crippen molar-refractivity contribution < 1.29 is 4.79 Å². The standard InChI is InChI=1S/C23H17Cl2N3OS3/c24-12-9-10-13(15(25)11-12)20(29)27-23(30)28-22-19(14-5-1-3-7-17(14)31-22)21-26-16-6-2-4-8-18(16)32-21/h2,4,6,8-11H,1,3,5,7H2,(H2,27,28,29,30). The quantitative estimate of drug-likeness (QED) is 0.279. The first-order valence-corrected chi connectivity index (χ1v) is 12.9. The minimum atomic E-state index is -0.382. The first kappa shape index (κ1) is 21.8. The third-order valence-electron chi connectivity index (χ3n) is 5.31. The maximum absolute atomic E-state index is 12.7. The number of thiophene rings is 1. The van der Waals surface area contributed by atoms with Crippen molar-refractivity contribution in [2.45, 2.75) is 25.7 Å². The minimum absolute atomic E-state index is 0.224.